The second-order valence-corrected chi connectivity index (χ2v) is 5.57. The van der Waals surface area contributed by atoms with Gasteiger partial charge in [-0.15, -0.1) is 0 Å². The van der Waals surface area contributed by atoms with Crippen LogP contribution in [0.15, 0.2) is 24.3 Å². The van der Waals surface area contributed by atoms with Crippen LogP contribution in [0, 0.1) is 10.1 Å². The molecule has 6 nitrogen and oxygen atoms in total. The first-order valence-corrected chi connectivity index (χ1v) is 7.30. The standard InChI is InChI=1S/C15H21N3O3/c1-11-9-13(7-8-16-11)17-15(19)6-5-12-3-2-4-14(10-12)18(20)21/h2-4,10-11,13,16H,5-9H2,1H3,(H,17,19). The summed E-state index contributed by atoms with van der Waals surface area (Å²) < 4.78 is 0. The Kier molecular flexibility index (Phi) is 5.27. The van der Waals surface area contributed by atoms with E-state index in [4.69, 9.17) is 0 Å². The molecule has 0 saturated carbocycles. The molecular weight excluding hydrogens is 270 g/mol. The van der Waals surface area contributed by atoms with Crippen LogP contribution in [0.2, 0.25) is 0 Å². The quantitative estimate of drug-likeness (QED) is 0.640. The summed E-state index contributed by atoms with van der Waals surface area (Å²) in [5.74, 6) is 0.0145. The number of nitro groups is 1. The minimum atomic E-state index is -0.417. The van der Waals surface area contributed by atoms with Gasteiger partial charge in [0.1, 0.15) is 0 Å². The number of nitro benzene ring substituents is 1. The predicted molar refractivity (Wildman–Crippen MR) is 80.0 cm³/mol. The van der Waals surface area contributed by atoms with Crippen molar-refractivity contribution in [3.8, 4) is 0 Å². The zero-order valence-electron chi connectivity index (χ0n) is 12.2. The molecule has 1 amide bonds. The summed E-state index contributed by atoms with van der Waals surface area (Å²) in [5, 5.41) is 17.1. The molecule has 1 saturated heterocycles. The van der Waals surface area contributed by atoms with Crippen LogP contribution in [-0.2, 0) is 11.2 Å². The average molecular weight is 291 g/mol. The highest BCUT2D eigenvalue weighted by molar-refractivity contribution is 5.76. The number of carbonyl (C=O) groups excluding carboxylic acids is 1. The highest BCUT2D eigenvalue weighted by atomic mass is 16.6. The van der Waals surface area contributed by atoms with Crippen molar-refractivity contribution in [2.75, 3.05) is 6.54 Å². The van der Waals surface area contributed by atoms with Crippen molar-refractivity contribution in [1.29, 1.82) is 0 Å². The van der Waals surface area contributed by atoms with E-state index in [1.165, 1.54) is 12.1 Å². The number of piperidine rings is 1. The van der Waals surface area contributed by atoms with Crippen LogP contribution < -0.4 is 10.6 Å². The number of benzene rings is 1. The molecule has 2 unspecified atom stereocenters. The molecule has 1 heterocycles. The fraction of sp³-hybridized carbons (Fsp3) is 0.533. The molecule has 0 aliphatic carbocycles. The van der Waals surface area contributed by atoms with E-state index in [9.17, 15) is 14.9 Å². The summed E-state index contributed by atoms with van der Waals surface area (Å²) in [4.78, 5) is 22.2. The Balaban J connectivity index is 1.81. The highest BCUT2D eigenvalue weighted by Crippen LogP contribution is 2.14. The molecule has 1 aliphatic rings. The Labute approximate surface area is 124 Å². The molecule has 2 rings (SSSR count). The summed E-state index contributed by atoms with van der Waals surface area (Å²) in [6, 6.07) is 7.12. The molecule has 2 atom stereocenters. The number of non-ortho nitro benzene ring substituents is 1. The van der Waals surface area contributed by atoms with Crippen LogP contribution >= 0.6 is 0 Å². The smallest absolute Gasteiger partial charge is 0.269 e. The third-order valence-corrected chi connectivity index (χ3v) is 3.75. The number of amides is 1. The minimum absolute atomic E-state index is 0.0145. The van der Waals surface area contributed by atoms with Gasteiger partial charge in [0.05, 0.1) is 4.92 Å². The number of nitrogens with one attached hydrogen (secondary N) is 2. The van der Waals surface area contributed by atoms with Crippen molar-refractivity contribution < 1.29 is 9.72 Å². The lowest BCUT2D eigenvalue weighted by Gasteiger charge is -2.28. The molecule has 1 aromatic carbocycles. The lowest BCUT2D eigenvalue weighted by Crippen LogP contribution is -2.46. The summed E-state index contributed by atoms with van der Waals surface area (Å²) in [7, 11) is 0. The van der Waals surface area contributed by atoms with Crippen LogP contribution in [0.5, 0.6) is 0 Å². The van der Waals surface area contributed by atoms with E-state index >= 15 is 0 Å². The molecule has 0 radical (unpaired) electrons. The summed E-state index contributed by atoms with van der Waals surface area (Å²) in [6.07, 6.45) is 2.78. The van der Waals surface area contributed by atoms with Crippen molar-refractivity contribution in [2.24, 2.45) is 0 Å². The second-order valence-electron chi connectivity index (χ2n) is 5.57. The van der Waals surface area contributed by atoms with Crippen molar-refractivity contribution in [3.05, 3.63) is 39.9 Å². The van der Waals surface area contributed by atoms with E-state index in [0.29, 0.717) is 18.9 Å². The largest absolute Gasteiger partial charge is 0.353 e. The second kappa shape index (κ2) is 7.17. The van der Waals surface area contributed by atoms with Crippen molar-refractivity contribution in [3.63, 3.8) is 0 Å². The van der Waals surface area contributed by atoms with Crippen LogP contribution in [-0.4, -0.2) is 29.5 Å². The molecule has 1 aliphatic heterocycles. The number of hydrogen-bond acceptors (Lipinski definition) is 4. The summed E-state index contributed by atoms with van der Waals surface area (Å²) in [6.45, 7) is 3.04. The molecule has 2 N–H and O–H groups in total. The van der Waals surface area contributed by atoms with Crippen LogP contribution in [0.4, 0.5) is 5.69 Å². The number of aryl methyl sites for hydroxylation is 1. The molecule has 114 valence electrons. The van der Waals surface area contributed by atoms with Crippen LogP contribution in [0.3, 0.4) is 0 Å². The Bertz CT molecular complexity index is 519. The van der Waals surface area contributed by atoms with Gasteiger partial charge in [-0.1, -0.05) is 12.1 Å². The van der Waals surface area contributed by atoms with Gasteiger partial charge in [0.15, 0.2) is 0 Å². The Morgan fingerprint density at radius 1 is 1.52 bits per heavy atom. The molecular formula is C15H21N3O3. The fourth-order valence-corrected chi connectivity index (χ4v) is 2.65. The zero-order chi connectivity index (χ0) is 15.2. The minimum Gasteiger partial charge on any atom is -0.353 e. The SMILES string of the molecule is CC1CC(NC(=O)CCc2cccc([N+](=O)[O-])c2)CCN1. The van der Waals surface area contributed by atoms with Gasteiger partial charge in [0.2, 0.25) is 5.91 Å². The Hall–Kier alpha value is -1.95. The normalized spacial score (nSPS) is 21.8. The lowest BCUT2D eigenvalue weighted by atomic mass is 10.0. The van der Waals surface area contributed by atoms with Gasteiger partial charge < -0.3 is 10.6 Å². The van der Waals surface area contributed by atoms with Gasteiger partial charge in [-0.25, -0.2) is 0 Å². The molecule has 0 spiro atoms. The maximum absolute atomic E-state index is 11.9. The summed E-state index contributed by atoms with van der Waals surface area (Å²) >= 11 is 0. The molecule has 1 fully saturated rings. The van der Waals surface area contributed by atoms with E-state index in [1.54, 1.807) is 6.07 Å². The van der Waals surface area contributed by atoms with Gasteiger partial charge in [-0.3, -0.25) is 14.9 Å². The van der Waals surface area contributed by atoms with Gasteiger partial charge >= 0.3 is 0 Å². The molecule has 0 bridgehead atoms. The molecule has 21 heavy (non-hydrogen) atoms. The zero-order valence-corrected chi connectivity index (χ0v) is 12.2. The van der Waals surface area contributed by atoms with E-state index < -0.39 is 4.92 Å². The maximum atomic E-state index is 11.9. The van der Waals surface area contributed by atoms with E-state index in [2.05, 4.69) is 17.6 Å². The Morgan fingerprint density at radius 3 is 3.05 bits per heavy atom. The van der Waals surface area contributed by atoms with Crippen molar-refractivity contribution in [2.45, 2.75) is 44.7 Å². The monoisotopic (exact) mass is 291 g/mol. The average Bonchev–Trinajstić information content (AvgIpc) is 2.45. The molecule has 0 aromatic heterocycles. The predicted octanol–water partition coefficient (Wildman–Crippen LogP) is 1.78. The van der Waals surface area contributed by atoms with Gasteiger partial charge in [0, 0.05) is 30.6 Å². The number of hydrogen-bond donors (Lipinski definition) is 2. The van der Waals surface area contributed by atoms with E-state index in [-0.39, 0.29) is 17.6 Å². The summed E-state index contributed by atoms with van der Waals surface area (Å²) in [5.41, 5.74) is 0.887. The number of nitrogens with zero attached hydrogens (tertiary/aromatic N) is 1. The van der Waals surface area contributed by atoms with Gasteiger partial charge in [-0.05, 0) is 38.3 Å². The van der Waals surface area contributed by atoms with E-state index in [1.807, 2.05) is 6.07 Å². The molecule has 1 aromatic rings. The van der Waals surface area contributed by atoms with Crippen molar-refractivity contribution in [1.82, 2.24) is 10.6 Å². The van der Waals surface area contributed by atoms with Crippen LogP contribution in [0.25, 0.3) is 0 Å². The number of rotatable bonds is 5. The third-order valence-electron chi connectivity index (χ3n) is 3.75. The van der Waals surface area contributed by atoms with Gasteiger partial charge in [-0.2, -0.15) is 0 Å². The van der Waals surface area contributed by atoms with Crippen molar-refractivity contribution >= 4 is 11.6 Å². The van der Waals surface area contributed by atoms with E-state index in [0.717, 1.165) is 24.9 Å². The van der Waals surface area contributed by atoms with Gasteiger partial charge in [0.25, 0.3) is 5.69 Å². The molecule has 6 heteroatoms. The first-order chi connectivity index (χ1) is 10.0. The topological polar surface area (TPSA) is 84.3 Å². The fourth-order valence-electron chi connectivity index (χ4n) is 2.65. The first kappa shape index (κ1) is 15.4. The highest BCUT2D eigenvalue weighted by Gasteiger charge is 2.19. The Morgan fingerprint density at radius 2 is 2.33 bits per heavy atom. The lowest BCUT2D eigenvalue weighted by molar-refractivity contribution is -0.384. The third kappa shape index (κ3) is 4.82. The van der Waals surface area contributed by atoms with Crippen LogP contribution in [0.1, 0.15) is 31.7 Å². The number of carbonyl (C=O) groups is 1. The first-order valence-electron chi connectivity index (χ1n) is 7.30. The maximum Gasteiger partial charge on any atom is 0.269 e.